The maximum absolute atomic E-state index is 11.3. The SMILES string of the molecule is COCC(=O)c1cn(C)nc1C. The van der Waals surface area contributed by atoms with Crippen molar-refractivity contribution in [1.29, 1.82) is 0 Å². The topological polar surface area (TPSA) is 44.1 Å². The summed E-state index contributed by atoms with van der Waals surface area (Å²) < 4.78 is 6.36. The molecule has 0 radical (unpaired) electrons. The number of ether oxygens (including phenoxy) is 1. The number of hydrogen-bond donors (Lipinski definition) is 0. The van der Waals surface area contributed by atoms with Gasteiger partial charge in [0.2, 0.25) is 0 Å². The standard InChI is InChI=1S/C8H12N2O2/c1-6-7(4-10(2)9-6)8(11)5-12-3/h4H,5H2,1-3H3. The molecule has 0 spiro atoms. The summed E-state index contributed by atoms with van der Waals surface area (Å²) in [5.41, 5.74) is 1.39. The normalized spacial score (nSPS) is 10.2. The van der Waals surface area contributed by atoms with Crippen LogP contribution in [0, 0.1) is 6.92 Å². The molecule has 4 nitrogen and oxygen atoms in total. The van der Waals surface area contributed by atoms with E-state index in [2.05, 4.69) is 5.10 Å². The quantitative estimate of drug-likeness (QED) is 0.619. The molecular formula is C8H12N2O2. The average Bonchev–Trinajstić information content (AvgIpc) is 2.30. The van der Waals surface area contributed by atoms with Gasteiger partial charge in [-0.2, -0.15) is 5.10 Å². The fourth-order valence-corrected chi connectivity index (χ4v) is 1.08. The molecule has 0 saturated carbocycles. The average molecular weight is 168 g/mol. The molecule has 0 atom stereocenters. The van der Waals surface area contributed by atoms with Crippen LogP contribution in [0.1, 0.15) is 16.1 Å². The first-order valence-corrected chi connectivity index (χ1v) is 3.67. The van der Waals surface area contributed by atoms with Crippen molar-refractivity contribution in [3.8, 4) is 0 Å². The van der Waals surface area contributed by atoms with Crippen molar-refractivity contribution in [2.24, 2.45) is 7.05 Å². The number of rotatable bonds is 3. The van der Waals surface area contributed by atoms with E-state index in [1.54, 1.807) is 17.9 Å². The predicted octanol–water partition coefficient (Wildman–Crippen LogP) is 0.558. The highest BCUT2D eigenvalue weighted by Crippen LogP contribution is 2.05. The third-order valence-electron chi connectivity index (χ3n) is 1.59. The first-order chi connectivity index (χ1) is 5.65. The van der Waals surface area contributed by atoms with Gasteiger partial charge in [-0.1, -0.05) is 0 Å². The number of carbonyl (C=O) groups excluding carboxylic acids is 1. The number of nitrogens with zero attached hydrogens (tertiary/aromatic N) is 2. The van der Waals surface area contributed by atoms with Gasteiger partial charge in [-0.3, -0.25) is 9.48 Å². The van der Waals surface area contributed by atoms with Crippen molar-refractivity contribution in [3.63, 3.8) is 0 Å². The molecule has 1 rings (SSSR count). The smallest absolute Gasteiger partial charge is 0.191 e. The van der Waals surface area contributed by atoms with Gasteiger partial charge < -0.3 is 4.74 Å². The maximum atomic E-state index is 11.3. The molecule has 0 N–H and O–H groups in total. The summed E-state index contributed by atoms with van der Waals surface area (Å²) in [5.74, 6) is -0.0249. The van der Waals surface area contributed by atoms with Gasteiger partial charge in [-0.25, -0.2) is 0 Å². The predicted molar refractivity (Wildman–Crippen MR) is 44.2 cm³/mol. The zero-order valence-electron chi connectivity index (χ0n) is 7.50. The molecule has 0 unspecified atom stereocenters. The van der Waals surface area contributed by atoms with E-state index in [-0.39, 0.29) is 12.4 Å². The molecule has 0 aromatic carbocycles. The van der Waals surface area contributed by atoms with E-state index >= 15 is 0 Å². The Morgan fingerprint density at radius 3 is 2.83 bits per heavy atom. The number of carbonyl (C=O) groups is 1. The zero-order chi connectivity index (χ0) is 9.14. The summed E-state index contributed by atoms with van der Waals surface area (Å²) in [6.07, 6.45) is 1.71. The van der Waals surface area contributed by atoms with Crippen LogP contribution in [0.15, 0.2) is 6.20 Å². The largest absolute Gasteiger partial charge is 0.377 e. The fourth-order valence-electron chi connectivity index (χ4n) is 1.08. The van der Waals surface area contributed by atoms with E-state index in [0.29, 0.717) is 5.56 Å². The molecule has 0 aliphatic rings. The minimum atomic E-state index is -0.0249. The van der Waals surface area contributed by atoms with Crippen LogP contribution in [0.5, 0.6) is 0 Å². The molecular weight excluding hydrogens is 156 g/mol. The van der Waals surface area contributed by atoms with Gasteiger partial charge >= 0.3 is 0 Å². The lowest BCUT2D eigenvalue weighted by atomic mass is 10.2. The van der Waals surface area contributed by atoms with Crippen molar-refractivity contribution >= 4 is 5.78 Å². The molecule has 1 heterocycles. The number of methoxy groups -OCH3 is 1. The van der Waals surface area contributed by atoms with Gasteiger partial charge in [0.25, 0.3) is 0 Å². The second-order valence-electron chi connectivity index (χ2n) is 2.66. The molecule has 0 amide bonds. The van der Waals surface area contributed by atoms with Crippen molar-refractivity contribution < 1.29 is 9.53 Å². The van der Waals surface area contributed by atoms with Crippen LogP contribution in [0.4, 0.5) is 0 Å². The third kappa shape index (κ3) is 1.71. The van der Waals surface area contributed by atoms with Gasteiger partial charge in [0.05, 0.1) is 11.3 Å². The van der Waals surface area contributed by atoms with Crippen LogP contribution in [-0.2, 0) is 11.8 Å². The Bertz CT molecular complexity index is 291. The number of aryl methyl sites for hydroxylation is 2. The van der Waals surface area contributed by atoms with Gasteiger partial charge in [-0.05, 0) is 6.92 Å². The van der Waals surface area contributed by atoms with E-state index in [4.69, 9.17) is 4.74 Å². The lowest BCUT2D eigenvalue weighted by Gasteiger charge is -1.95. The summed E-state index contributed by atoms with van der Waals surface area (Å²) in [7, 11) is 3.29. The lowest BCUT2D eigenvalue weighted by Crippen LogP contribution is -2.07. The number of hydrogen-bond acceptors (Lipinski definition) is 3. The summed E-state index contributed by atoms with van der Waals surface area (Å²) in [5, 5.41) is 4.05. The van der Waals surface area contributed by atoms with E-state index in [9.17, 15) is 4.79 Å². The summed E-state index contributed by atoms with van der Waals surface area (Å²) >= 11 is 0. The summed E-state index contributed by atoms with van der Waals surface area (Å²) in [6.45, 7) is 1.93. The Balaban J connectivity index is 2.87. The highest BCUT2D eigenvalue weighted by molar-refractivity contribution is 5.97. The molecule has 1 aromatic heterocycles. The van der Waals surface area contributed by atoms with Crippen LogP contribution < -0.4 is 0 Å². The van der Waals surface area contributed by atoms with Gasteiger partial charge in [-0.15, -0.1) is 0 Å². The maximum Gasteiger partial charge on any atom is 0.191 e. The second-order valence-corrected chi connectivity index (χ2v) is 2.66. The molecule has 0 bridgehead atoms. The van der Waals surface area contributed by atoms with Crippen molar-refractivity contribution in [1.82, 2.24) is 9.78 Å². The molecule has 0 fully saturated rings. The molecule has 66 valence electrons. The van der Waals surface area contributed by atoms with Crippen molar-refractivity contribution in [3.05, 3.63) is 17.5 Å². The van der Waals surface area contributed by atoms with Gasteiger partial charge in [0.15, 0.2) is 5.78 Å². The number of Topliss-reactive ketones (excluding diaryl/α,β-unsaturated/α-hetero) is 1. The van der Waals surface area contributed by atoms with Crippen molar-refractivity contribution in [2.45, 2.75) is 6.92 Å². The van der Waals surface area contributed by atoms with E-state index < -0.39 is 0 Å². The highest BCUT2D eigenvalue weighted by Gasteiger charge is 2.11. The molecule has 0 saturated heterocycles. The van der Waals surface area contributed by atoms with E-state index in [0.717, 1.165) is 5.69 Å². The lowest BCUT2D eigenvalue weighted by molar-refractivity contribution is 0.0847. The Labute approximate surface area is 71.1 Å². The molecule has 0 aliphatic heterocycles. The molecule has 1 aromatic rings. The minimum Gasteiger partial charge on any atom is -0.377 e. The van der Waals surface area contributed by atoms with Crippen molar-refractivity contribution in [2.75, 3.05) is 13.7 Å². The Morgan fingerprint density at radius 1 is 1.75 bits per heavy atom. The first-order valence-electron chi connectivity index (χ1n) is 3.67. The zero-order valence-corrected chi connectivity index (χ0v) is 7.50. The minimum absolute atomic E-state index is 0.0249. The number of aromatic nitrogens is 2. The monoisotopic (exact) mass is 168 g/mol. The highest BCUT2D eigenvalue weighted by atomic mass is 16.5. The van der Waals surface area contributed by atoms with Crippen LogP contribution in [0.25, 0.3) is 0 Å². The molecule has 0 aliphatic carbocycles. The van der Waals surface area contributed by atoms with E-state index in [1.807, 2.05) is 6.92 Å². The molecule has 4 heteroatoms. The van der Waals surface area contributed by atoms with Crippen LogP contribution in [0.3, 0.4) is 0 Å². The summed E-state index contributed by atoms with van der Waals surface area (Å²) in [4.78, 5) is 11.3. The number of ketones is 1. The summed E-state index contributed by atoms with van der Waals surface area (Å²) in [6, 6.07) is 0. The second kappa shape index (κ2) is 3.49. The first kappa shape index (κ1) is 8.93. The Hall–Kier alpha value is -1.16. The van der Waals surface area contributed by atoms with Crippen LogP contribution in [0.2, 0.25) is 0 Å². The van der Waals surface area contributed by atoms with E-state index in [1.165, 1.54) is 7.11 Å². The molecule has 12 heavy (non-hydrogen) atoms. The third-order valence-corrected chi connectivity index (χ3v) is 1.59. The van der Waals surface area contributed by atoms with Crippen LogP contribution in [-0.4, -0.2) is 29.3 Å². The van der Waals surface area contributed by atoms with Crippen LogP contribution >= 0.6 is 0 Å². The Morgan fingerprint density at radius 2 is 2.42 bits per heavy atom. The Kier molecular flexibility index (Phi) is 2.60. The van der Waals surface area contributed by atoms with Gasteiger partial charge in [0, 0.05) is 20.4 Å². The fraction of sp³-hybridized carbons (Fsp3) is 0.500. The van der Waals surface area contributed by atoms with Gasteiger partial charge in [0.1, 0.15) is 6.61 Å².